The Morgan fingerprint density at radius 3 is 3.00 bits per heavy atom. The average Bonchev–Trinajstić information content (AvgIpc) is 2.68. The van der Waals surface area contributed by atoms with Gasteiger partial charge in [-0.25, -0.2) is 0 Å². The van der Waals surface area contributed by atoms with E-state index in [1.165, 1.54) is 11.1 Å². The van der Waals surface area contributed by atoms with Gasteiger partial charge >= 0.3 is 5.97 Å². The van der Waals surface area contributed by atoms with Gasteiger partial charge in [-0.15, -0.1) is 0 Å². The average molecular weight is 254 g/mol. The van der Waals surface area contributed by atoms with Gasteiger partial charge in [-0.2, -0.15) is 0 Å². The molecular weight excluding hydrogens is 238 g/mol. The van der Waals surface area contributed by atoms with E-state index in [1.807, 2.05) is 30.0 Å². The van der Waals surface area contributed by atoms with Crippen molar-refractivity contribution in [3.8, 4) is 0 Å². The summed E-state index contributed by atoms with van der Waals surface area (Å²) in [6.07, 6.45) is 1.97. The lowest BCUT2D eigenvalue weighted by atomic mass is 10.1. The first-order valence-electron chi connectivity index (χ1n) is 5.86. The van der Waals surface area contributed by atoms with Crippen molar-refractivity contribution >= 4 is 17.6 Å². The number of aryl methyl sites for hydroxylation is 1. The smallest absolute Gasteiger partial charge is 0.317 e. The second-order valence-corrected chi connectivity index (χ2v) is 4.79. The molecule has 0 aromatic heterocycles. The van der Waals surface area contributed by atoms with Crippen molar-refractivity contribution in [3.05, 3.63) is 34.3 Å². The van der Waals surface area contributed by atoms with Gasteiger partial charge in [-0.05, 0) is 42.6 Å². The molecule has 0 heterocycles. The van der Waals surface area contributed by atoms with E-state index in [4.69, 9.17) is 16.7 Å². The summed E-state index contributed by atoms with van der Waals surface area (Å²) in [7, 11) is 0. The monoisotopic (exact) mass is 253 g/mol. The van der Waals surface area contributed by atoms with Crippen LogP contribution in [0.3, 0.4) is 0 Å². The summed E-state index contributed by atoms with van der Waals surface area (Å²) in [5.41, 5.74) is 2.49. The van der Waals surface area contributed by atoms with Crippen molar-refractivity contribution in [3.63, 3.8) is 0 Å². The number of nitrogens with zero attached hydrogens (tertiary/aromatic N) is 1. The van der Waals surface area contributed by atoms with Crippen LogP contribution in [0.4, 0.5) is 0 Å². The third-order valence-corrected chi connectivity index (χ3v) is 3.57. The zero-order valence-electron chi connectivity index (χ0n) is 9.82. The number of carbonyl (C=O) groups is 1. The number of carboxylic acids is 1. The van der Waals surface area contributed by atoms with E-state index in [0.717, 1.165) is 24.4 Å². The molecule has 1 N–H and O–H groups in total. The Bertz CT molecular complexity index is 433. The highest BCUT2D eigenvalue weighted by molar-refractivity contribution is 6.30. The van der Waals surface area contributed by atoms with Gasteiger partial charge in [0.1, 0.15) is 0 Å². The van der Waals surface area contributed by atoms with Gasteiger partial charge in [-0.1, -0.05) is 24.6 Å². The van der Waals surface area contributed by atoms with Crippen molar-refractivity contribution in [1.29, 1.82) is 0 Å². The van der Waals surface area contributed by atoms with E-state index < -0.39 is 5.97 Å². The lowest BCUT2D eigenvalue weighted by molar-refractivity contribution is -0.138. The van der Waals surface area contributed by atoms with Crippen molar-refractivity contribution in [1.82, 2.24) is 4.90 Å². The molecule has 1 atom stereocenters. The number of aliphatic carboxylic acids is 1. The molecule has 1 aliphatic rings. The third kappa shape index (κ3) is 2.61. The topological polar surface area (TPSA) is 40.5 Å². The molecule has 0 saturated heterocycles. The fourth-order valence-corrected chi connectivity index (χ4v) is 2.75. The van der Waals surface area contributed by atoms with E-state index in [2.05, 4.69) is 0 Å². The SMILES string of the molecule is CCN(CC(=O)O)C1CCc2cc(Cl)ccc21. The summed E-state index contributed by atoms with van der Waals surface area (Å²) in [6, 6.07) is 6.13. The molecule has 92 valence electrons. The minimum absolute atomic E-state index is 0.100. The number of hydrogen-bond donors (Lipinski definition) is 1. The van der Waals surface area contributed by atoms with Gasteiger partial charge in [0, 0.05) is 11.1 Å². The van der Waals surface area contributed by atoms with Crippen LogP contribution in [0.15, 0.2) is 18.2 Å². The Morgan fingerprint density at radius 2 is 2.35 bits per heavy atom. The standard InChI is InChI=1S/C13H16ClNO2/c1-2-15(8-13(16)17)12-6-3-9-7-10(14)4-5-11(9)12/h4-5,7,12H,2-3,6,8H2,1H3,(H,16,17). The molecule has 0 spiro atoms. The fourth-order valence-electron chi connectivity index (χ4n) is 2.56. The lowest BCUT2D eigenvalue weighted by Crippen LogP contribution is -2.32. The maximum atomic E-state index is 10.8. The zero-order valence-corrected chi connectivity index (χ0v) is 10.6. The minimum atomic E-state index is -0.769. The number of rotatable bonds is 4. The first-order chi connectivity index (χ1) is 8.11. The van der Waals surface area contributed by atoms with Crippen LogP contribution in [-0.4, -0.2) is 29.1 Å². The van der Waals surface area contributed by atoms with Gasteiger partial charge < -0.3 is 5.11 Å². The number of hydrogen-bond acceptors (Lipinski definition) is 2. The summed E-state index contributed by atoms with van der Waals surface area (Å²) in [5.74, 6) is -0.769. The molecule has 0 amide bonds. The van der Waals surface area contributed by atoms with Gasteiger partial charge in [0.2, 0.25) is 0 Å². The molecule has 4 heteroatoms. The van der Waals surface area contributed by atoms with Crippen LogP contribution in [0.25, 0.3) is 0 Å². The minimum Gasteiger partial charge on any atom is -0.480 e. The third-order valence-electron chi connectivity index (χ3n) is 3.34. The molecule has 1 aromatic rings. The van der Waals surface area contributed by atoms with Crippen LogP contribution in [0.5, 0.6) is 0 Å². The largest absolute Gasteiger partial charge is 0.480 e. The van der Waals surface area contributed by atoms with E-state index in [1.54, 1.807) is 0 Å². The van der Waals surface area contributed by atoms with E-state index in [-0.39, 0.29) is 12.6 Å². The normalized spacial score (nSPS) is 18.4. The lowest BCUT2D eigenvalue weighted by Gasteiger charge is -2.26. The highest BCUT2D eigenvalue weighted by atomic mass is 35.5. The van der Waals surface area contributed by atoms with Crippen molar-refractivity contribution in [2.75, 3.05) is 13.1 Å². The number of halogens is 1. The molecule has 0 fully saturated rings. The molecule has 1 unspecified atom stereocenters. The number of likely N-dealkylation sites (N-methyl/N-ethyl adjacent to an activating group) is 1. The molecule has 3 nitrogen and oxygen atoms in total. The summed E-state index contributed by atoms with van der Waals surface area (Å²) < 4.78 is 0. The molecule has 1 aromatic carbocycles. The van der Waals surface area contributed by atoms with Crippen LogP contribution in [0, 0.1) is 0 Å². The zero-order chi connectivity index (χ0) is 12.4. The Labute approximate surface area is 106 Å². The van der Waals surface area contributed by atoms with Crippen LogP contribution >= 0.6 is 11.6 Å². The predicted octanol–water partition coefficient (Wildman–Crippen LogP) is 2.73. The number of fused-ring (bicyclic) bond motifs is 1. The van der Waals surface area contributed by atoms with Gasteiger partial charge in [0.05, 0.1) is 6.54 Å². The quantitative estimate of drug-likeness (QED) is 0.897. The van der Waals surface area contributed by atoms with Crippen LogP contribution in [0.1, 0.15) is 30.5 Å². The second-order valence-electron chi connectivity index (χ2n) is 4.35. The van der Waals surface area contributed by atoms with Gasteiger partial charge in [-0.3, -0.25) is 9.69 Å². The Morgan fingerprint density at radius 1 is 1.59 bits per heavy atom. The molecule has 17 heavy (non-hydrogen) atoms. The van der Waals surface area contributed by atoms with Gasteiger partial charge in [0.15, 0.2) is 0 Å². The van der Waals surface area contributed by atoms with Crippen LogP contribution in [-0.2, 0) is 11.2 Å². The second kappa shape index (κ2) is 5.07. The molecule has 2 rings (SSSR count). The van der Waals surface area contributed by atoms with Crippen LogP contribution in [0.2, 0.25) is 5.02 Å². The number of carboxylic acid groups (broad SMARTS) is 1. The van der Waals surface area contributed by atoms with Crippen molar-refractivity contribution < 1.29 is 9.90 Å². The predicted molar refractivity (Wildman–Crippen MR) is 67.4 cm³/mol. The van der Waals surface area contributed by atoms with E-state index in [9.17, 15) is 4.79 Å². The Balaban J connectivity index is 2.22. The van der Waals surface area contributed by atoms with E-state index >= 15 is 0 Å². The van der Waals surface area contributed by atoms with Crippen LogP contribution < -0.4 is 0 Å². The first-order valence-corrected chi connectivity index (χ1v) is 6.23. The maximum Gasteiger partial charge on any atom is 0.317 e. The summed E-state index contributed by atoms with van der Waals surface area (Å²) in [6.45, 7) is 2.85. The molecular formula is C13H16ClNO2. The Hall–Kier alpha value is -1.06. The van der Waals surface area contributed by atoms with Crippen molar-refractivity contribution in [2.45, 2.75) is 25.8 Å². The highest BCUT2D eigenvalue weighted by Gasteiger charge is 2.28. The van der Waals surface area contributed by atoms with E-state index in [0.29, 0.717) is 0 Å². The molecule has 0 radical (unpaired) electrons. The maximum absolute atomic E-state index is 10.8. The van der Waals surface area contributed by atoms with Crippen molar-refractivity contribution in [2.24, 2.45) is 0 Å². The molecule has 1 aliphatic carbocycles. The summed E-state index contributed by atoms with van der Waals surface area (Å²) in [4.78, 5) is 12.8. The number of benzene rings is 1. The molecule has 0 saturated carbocycles. The highest BCUT2D eigenvalue weighted by Crippen LogP contribution is 2.36. The molecule has 0 bridgehead atoms. The fraction of sp³-hybridized carbons (Fsp3) is 0.462. The summed E-state index contributed by atoms with van der Waals surface area (Å²) >= 11 is 5.96. The molecule has 0 aliphatic heterocycles. The van der Waals surface area contributed by atoms with Gasteiger partial charge in [0.25, 0.3) is 0 Å². The Kier molecular flexibility index (Phi) is 3.69. The summed E-state index contributed by atoms with van der Waals surface area (Å²) in [5, 5.41) is 9.66. The first kappa shape index (κ1) is 12.4.